The van der Waals surface area contributed by atoms with Gasteiger partial charge in [0.15, 0.2) is 0 Å². The highest BCUT2D eigenvalue weighted by molar-refractivity contribution is 7.15. The van der Waals surface area contributed by atoms with Gasteiger partial charge in [0.2, 0.25) is 0 Å². The van der Waals surface area contributed by atoms with Crippen molar-refractivity contribution in [3.8, 4) is 10.7 Å². The number of benzene rings is 1. The average molecular weight is 254 g/mol. The molecule has 0 radical (unpaired) electrons. The summed E-state index contributed by atoms with van der Waals surface area (Å²) in [6.07, 6.45) is 2.98. The number of fused-ring (bicyclic) bond motifs is 1. The van der Waals surface area contributed by atoms with Crippen molar-refractivity contribution in [3.63, 3.8) is 0 Å². The van der Waals surface area contributed by atoms with Crippen LogP contribution in [0, 0.1) is 6.92 Å². The molecule has 3 heteroatoms. The lowest BCUT2D eigenvalue weighted by molar-refractivity contribution is 1.17. The highest BCUT2D eigenvalue weighted by Gasteiger charge is 2.08. The molecule has 0 fully saturated rings. The fourth-order valence-corrected chi connectivity index (χ4v) is 2.86. The van der Waals surface area contributed by atoms with E-state index in [4.69, 9.17) is 4.98 Å². The summed E-state index contributed by atoms with van der Waals surface area (Å²) in [6.45, 7) is 4.28. The Hall–Kier alpha value is -1.74. The summed E-state index contributed by atoms with van der Waals surface area (Å²) < 4.78 is 0. The van der Waals surface area contributed by atoms with Crippen molar-refractivity contribution in [2.24, 2.45) is 0 Å². The second kappa shape index (κ2) is 4.50. The van der Waals surface area contributed by atoms with E-state index in [0.29, 0.717) is 0 Å². The molecule has 0 atom stereocenters. The Kier molecular flexibility index (Phi) is 2.84. The Balaban J connectivity index is 2.18. The van der Waals surface area contributed by atoms with Gasteiger partial charge in [-0.05, 0) is 31.0 Å². The maximum absolute atomic E-state index is 4.70. The smallest absolute Gasteiger partial charge is 0.142 e. The van der Waals surface area contributed by atoms with E-state index in [-0.39, 0.29) is 0 Å². The Morgan fingerprint density at radius 1 is 1.22 bits per heavy atom. The van der Waals surface area contributed by atoms with Crippen LogP contribution in [0.5, 0.6) is 0 Å². The van der Waals surface area contributed by atoms with E-state index in [2.05, 4.69) is 43.1 Å². The van der Waals surface area contributed by atoms with Crippen LogP contribution in [0.15, 0.2) is 36.5 Å². The van der Waals surface area contributed by atoms with Gasteiger partial charge in [-0.2, -0.15) is 0 Å². The number of hydrogen-bond acceptors (Lipinski definition) is 3. The molecule has 0 saturated carbocycles. The molecule has 0 aliphatic rings. The molecule has 90 valence electrons. The van der Waals surface area contributed by atoms with Gasteiger partial charge in [-0.1, -0.05) is 25.1 Å². The maximum Gasteiger partial charge on any atom is 0.142 e. The van der Waals surface area contributed by atoms with E-state index in [9.17, 15) is 0 Å². The minimum absolute atomic E-state index is 0.982. The molecule has 3 aromatic rings. The zero-order chi connectivity index (χ0) is 12.5. The molecule has 2 nitrogen and oxygen atoms in total. The number of rotatable bonds is 2. The monoisotopic (exact) mass is 254 g/mol. The summed E-state index contributed by atoms with van der Waals surface area (Å²) in [4.78, 5) is 10.5. The Bertz CT molecular complexity index is 701. The topological polar surface area (TPSA) is 25.8 Å². The van der Waals surface area contributed by atoms with E-state index < -0.39 is 0 Å². The standard InChI is InChI=1S/C15H14N2S/c1-3-11-9-16-15(18-11)14-8-10(2)12-6-4-5-7-13(12)17-14/h4-9H,3H2,1-2H3. The molecule has 0 bridgehead atoms. The van der Waals surface area contributed by atoms with Crippen LogP contribution in [-0.4, -0.2) is 9.97 Å². The van der Waals surface area contributed by atoms with Crippen LogP contribution in [-0.2, 0) is 6.42 Å². The molecule has 0 saturated heterocycles. The number of nitrogens with zero attached hydrogens (tertiary/aromatic N) is 2. The van der Waals surface area contributed by atoms with E-state index in [1.165, 1.54) is 15.8 Å². The molecule has 18 heavy (non-hydrogen) atoms. The second-order valence-corrected chi connectivity index (χ2v) is 5.44. The van der Waals surface area contributed by atoms with Gasteiger partial charge in [0, 0.05) is 16.5 Å². The first-order chi connectivity index (χ1) is 8.78. The van der Waals surface area contributed by atoms with Crippen LogP contribution >= 0.6 is 11.3 Å². The molecule has 3 rings (SSSR count). The molecule has 0 aliphatic carbocycles. The number of para-hydroxylation sites is 1. The van der Waals surface area contributed by atoms with Gasteiger partial charge in [0.25, 0.3) is 0 Å². The van der Waals surface area contributed by atoms with Crippen LogP contribution < -0.4 is 0 Å². The van der Waals surface area contributed by atoms with Crippen molar-refractivity contribution in [1.29, 1.82) is 0 Å². The summed E-state index contributed by atoms with van der Waals surface area (Å²) in [5, 5.41) is 2.23. The minimum atomic E-state index is 0.982. The van der Waals surface area contributed by atoms with Gasteiger partial charge < -0.3 is 0 Å². The first-order valence-electron chi connectivity index (χ1n) is 6.09. The summed E-state index contributed by atoms with van der Waals surface area (Å²) in [5.41, 5.74) is 3.28. The van der Waals surface area contributed by atoms with E-state index >= 15 is 0 Å². The summed E-state index contributed by atoms with van der Waals surface area (Å²) in [6, 6.07) is 10.4. The lowest BCUT2D eigenvalue weighted by Crippen LogP contribution is -1.87. The third kappa shape index (κ3) is 1.91. The minimum Gasteiger partial charge on any atom is -0.245 e. The predicted octanol–water partition coefficient (Wildman–Crippen LogP) is 4.23. The van der Waals surface area contributed by atoms with E-state index in [0.717, 1.165) is 22.6 Å². The van der Waals surface area contributed by atoms with Gasteiger partial charge in [0.05, 0.1) is 11.2 Å². The van der Waals surface area contributed by atoms with E-state index in [1.54, 1.807) is 11.3 Å². The zero-order valence-electron chi connectivity index (χ0n) is 10.5. The number of pyridine rings is 1. The molecule has 0 aliphatic heterocycles. The third-order valence-electron chi connectivity index (χ3n) is 3.04. The van der Waals surface area contributed by atoms with Crippen LogP contribution in [0.3, 0.4) is 0 Å². The number of hydrogen-bond donors (Lipinski definition) is 0. The van der Waals surface area contributed by atoms with E-state index in [1.807, 2.05) is 12.3 Å². The average Bonchev–Trinajstić information content (AvgIpc) is 2.87. The Labute approximate surface area is 110 Å². The Morgan fingerprint density at radius 2 is 2.06 bits per heavy atom. The Morgan fingerprint density at radius 3 is 2.83 bits per heavy atom. The molecule has 1 aromatic carbocycles. The zero-order valence-corrected chi connectivity index (χ0v) is 11.3. The SMILES string of the molecule is CCc1cnc(-c2cc(C)c3ccccc3n2)s1. The van der Waals surface area contributed by atoms with Crippen molar-refractivity contribution in [3.05, 3.63) is 47.0 Å². The second-order valence-electron chi connectivity index (χ2n) is 4.33. The molecular formula is C15H14N2S. The van der Waals surface area contributed by atoms with Crippen LogP contribution in [0.2, 0.25) is 0 Å². The van der Waals surface area contributed by atoms with Gasteiger partial charge in [-0.3, -0.25) is 0 Å². The van der Waals surface area contributed by atoms with Crippen LogP contribution in [0.25, 0.3) is 21.6 Å². The first-order valence-corrected chi connectivity index (χ1v) is 6.91. The van der Waals surface area contributed by atoms with Crippen LogP contribution in [0.4, 0.5) is 0 Å². The molecule has 0 N–H and O–H groups in total. The van der Waals surface area contributed by atoms with Gasteiger partial charge in [0.1, 0.15) is 5.01 Å². The lowest BCUT2D eigenvalue weighted by Gasteiger charge is -2.03. The molecule has 2 heterocycles. The van der Waals surface area contributed by atoms with Crippen molar-refractivity contribution < 1.29 is 0 Å². The fourth-order valence-electron chi connectivity index (χ4n) is 2.05. The van der Waals surface area contributed by atoms with Gasteiger partial charge >= 0.3 is 0 Å². The summed E-state index contributed by atoms with van der Waals surface area (Å²) in [7, 11) is 0. The molecule has 0 unspecified atom stereocenters. The maximum atomic E-state index is 4.70. The van der Waals surface area contributed by atoms with Crippen molar-refractivity contribution in [1.82, 2.24) is 9.97 Å². The largest absolute Gasteiger partial charge is 0.245 e. The summed E-state index contributed by atoms with van der Waals surface area (Å²) in [5.74, 6) is 0. The summed E-state index contributed by atoms with van der Waals surface area (Å²) >= 11 is 1.73. The molecule has 0 amide bonds. The highest BCUT2D eigenvalue weighted by atomic mass is 32.1. The van der Waals surface area contributed by atoms with Crippen molar-refractivity contribution in [2.45, 2.75) is 20.3 Å². The van der Waals surface area contributed by atoms with Gasteiger partial charge in [-0.15, -0.1) is 11.3 Å². The van der Waals surface area contributed by atoms with Gasteiger partial charge in [-0.25, -0.2) is 9.97 Å². The first kappa shape index (κ1) is 11.4. The fraction of sp³-hybridized carbons (Fsp3) is 0.200. The normalized spacial score (nSPS) is 11.0. The predicted molar refractivity (Wildman–Crippen MR) is 77.0 cm³/mol. The molecule has 2 aromatic heterocycles. The third-order valence-corrected chi connectivity index (χ3v) is 4.21. The number of aryl methyl sites for hydroxylation is 2. The number of aromatic nitrogens is 2. The quantitative estimate of drug-likeness (QED) is 0.684. The highest BCUT2D eigenvalue weighted by Crippen LogP contribution is 2.27. The van der Waals surface area contributed by atoms with Crippen molar-refractivity contribution >= 4 is 22.2 Å². The number of thiazole rings is 1. The van der Waals surface area contributed by atoms with Crippen molar-refractivity contribution in [2.75, 3.05) is 0 Å². The lowest BCUT2D eigenvalue weighted by atomic mass is 10.1. The van der Waals surface area contributed by atoms with Crippen LogP contribution in [0.1, 0.15) is 17.4 Å². The molecule has 0 spiro atoms. The molecular weight excluding hydrogens is 240 g/mol.